The van der Waals surface area contributed by atoms with Crippen LogP contribution < -0.4 is 0 Å². The lowest BCUT2D eigenvalue weighted by Crippen LogP contribution is -1.82. The topological polar surface area (TPSA) is 69.4 Å². The molecule has 2 aromatic heterocycles. The number of halogens is 1. The summed E-state index contributed by atoms with van der Waals surface area (Å²) in [6, 6.07) is 9.71. The van der Waals surface area contributed by atoms with Crippen LogP contribution in [0, 0.1) is 10.1 Å². The zero-order valence-electron chi connectivity index (χ0n) is 8.92. The lowest BCUT2D eigenvalue weighted by molar-refractivity contribution is -0.401. The van der Waals surface area contributed by atoms with Crippen molar-refractivity contribution in [1.82, 2.24) is 0 Å². The van der Waals surface area contributed by atoms with Gasteiger partial charge in [0.15, 0.2) is 11.5 Å². The molecular formula is C12H6ClNO4. The number of benzene rings is 1. The predicted molar refractivity (Wildman–Crippen MR) is 65.6 cm³/mol. The van der Waals surface area contributed by atoms with E-state index in [2.05, 4.69) is 0 Å². The molecule has 0 N–H and O–H groups in total. The van der Waals surface area contributed by atoms with E-state index in [1.807, 2.05) is 0 Å². The van der Waals surface area contributed by atoms with Gasteiger partial charge >= 0.3 is 5.88 Å². The molecule has 0 aliphatic carbocycles. The van der Waals surface area contributed by atoms with Crippen molar-refractivity contribution in [3.05, 3.63) is 51.5 Å². The Morgan fingerprint density at radius 3 is 2.61 bits per heavy atom. The van der Waals surface area contributed by atoms with Gasteiger partial charge in [0.2, 0.25) is 0 Å². The van der Waals surface area contributed by atoms with Crippen LogP contribution in [-0.2, 0) is 0 Å². The summed E-state index contributed by atoms with van der Waals surface area (Å²) in [4.78, 5) is 9.93. The molecule has 0 atom stereocenters. The largest absolute Gasteiger partial charge is 0.453 e. The summed E-state index contributed by atoms with van der Waals surface area (Å²) < 4.78 is 10.6. The van der Waals surface area contributed by atoms with E-state index >= 15 is 0 Å². The second kappa shape index (κ2) is 3.89. The molecule has 0 radical (unpaired) electrons. The van der Waals surface area contributed by atoms with Crippen molar-refractivity contribution in [3.8, 4) is 11.5 Å². The summed E-state index contributed by atoms with van der Waals surface area (Å²) in [6.07, 6.45) is 0. The summed E-state index contributed by atoms with van der Waals surface area (Å²) in [7, 11) is 0. The Balaban J connectivity index is 2.10. The average Bonchev–Trinajstić information content (AvgIpc) is 2.93. The Morgan fingerprint density at radius 2 is 1.89 bits per heavy atom. The molecule has 18 heavy (non-hydrogen) atoms. The number of hydrogen-bond donors (Lipinski definition) is 0. The molecule has 0 bridgehead atoms. The fourth-order valence-corrected chi connectivity index (χ4v) is 1.87. The Labute approximate surface area is 106 Å². The molecule has 5 nitrogen and oxygen atoms in total. The van der Waals surface area contributed by atoms with Crippen LogP contribution in [0.1, 0.15) is 0 Å². The molecule has 0 saturated heterocycles. The second-order valence-corrected chi connectivity index (χ2v) is 4.12. The molecule has 3 aromatic rings. The molecule has 0 aliphatic rings. The normalized spacial score (nSPS) is 10.9. The van der Waals surface area contributed by atoms with Gasteiger partial charge in [-0.05, 0) is 30.3 Å². The first-order valence-corrected chi connectivity index (χ1v) is 5.45. The lowest BCUT2D eigenvalue weighted by atomic mass is 10.2. The van der Waals surface area contributed by atoms with Gasteiger partial charge in [0, 0.05) is 10.4 Å². The average molecular weight is 264 g/mol. The van der Waals surface area contributed by atoms with Gasteiger partial charge in [-0.15, -0.1) is 0 Å². The third-order valence-corrected chi connectivity index (χ3v) is 2.73. The molecule has 6 heteroatoms. The lowest BCUT2D eigenvalue weighted by Gasteiger charge is -1.88. The van der Waals surface area contributed by atoms with Crippen molar-refractivity contribution in [2.24, 2.45) is 0 Å². The molecule has 1 aromatic carbocycles. The maximum absolute atomic E-state index is 10.5. The van der Waals surface area contributed by atoms with Crippen LogP contribution in [0.3, 0.4) is 0 Å². The van der Waals surface area contributed by atoms with E-state index in [0.29, 0.717) is 22.1 Å². The van der Waals surface area contributed by atoms with Crippen molar-refractivity contribution >= 4 is 28.5 Å². The van der Waals surface area contributed by atoms with Gasteiger partial charge in [0.1, 0.15) is 10.5 Å². The fourth-order valence-electron chi connectivity index (χ4n) is 1.69. The van der Waals surface area contributed by atoms with E-state index in [-0.39, 0.29) is 5.88 Å². The highest BCUT2D eigenvalue weighted by molar-refractivity contribution is 6.31. The molecule has 0 saturated carbocycles. The van der Waals surface area contributed by atoms with Crippen LogP contribution in [0.5, 0.6) is 0 Å². The van der Waals surface area contributed by atoms with E-state index in [9.17, 15) is 10.1 Å². The predicted octanol–water partition coefficient (Wildman–Crippen LogP) is 4.25. The molecule has 0 unspecified atom stereocenters. The summed E-state index contributed by atoms with van der Waals surface area (Å²) >= 11 is 5.87. The first-order valence-electron chi connectivity index (χ1n) is 5.07. The zero-order valence-corrected chi connectivity index (χ0v) is 9.68. The molecule has 90 valence electrons. The van der Waals surface area contributed by atoms with Crippen molar-refractivity contribution in [2.45, 2.75) is 0 Å². The van der Waals surface area contributed by atoms with Crippen molar-refractivity contribution < 1.29 is 13.8 Å². The van der Waals surface area contributed by atoms with Crippen LogP contribution in [-0.4, -0.2) is 4.92 Å². The number of rotatable bonds is 2. The third kappa shape index (κ3) is 1.74. The highest BCUT2D eigenvalue weighted by Crippen LogP contribution is 2.32. The highest BCUT2D eigenvalue weighted by atomic mass is 35.5. The number of hydrogen-bond acceptors (Lipinski definition) is 4. The highest BCUT2D eigenvalue weighted by Gasteiger charge is 2.16. The van der Waals surface area contributed by atoms with E-state index in [4.69, 9.17) is 20.4 Å². The van der Waals surface area contributed by atoms with Gasteiger partial charge < -0.3 is 8.83 Å². The van der Waals surface area contributed by atoms with Gasteiger partial charge in [-0.1, -0.05) is 11.6 Å². The van der Waals surface area contributed by atoms with E-state index < -0.39 is 4.92 Å². The van der Waals surface area contributed by atoms with Gasteiger partial charge in [-0.25, -0.2) is 0 Å². The van der Waals surface area contributed by atoms with Crippen LogP contribution in [0.2, 0.25) is 5.02 Å². The van der Waals surface area contributed by atoms with Gasteiger partial charge in [0.25, 0.3) is 0 Å². The molecule has 0 spiro atoms. The van der Waals surface area contributed by atoms with Gasteiger partial charge in [-0.3, -0.25) is 10.1 Å². The molecule has 3 rings (SSSR count). The zero-order chi connectivity index (χ0) is 12.7. The summed E-state index contributed by atoms with van der Waals surface area (Å²) in [6.45, 7) is 0. The number of fused-ring (bicyclic) bond motifs is 1. The first kappa shape index (κ1) is 10.9. The van der Waals surface area contributed by atoms with E-state index in [0.717, 1.165) is 5.39 Å². The summed E-state index contributed by atoms with van der Waals surface area (Å²) in [5, 5.41) is 11.9. The summed E-state index contributed by atoms with van der Waals surface area (Å²) in [5.74, 6) is 0.429. The Morgan fingerprint density at radius 1 is 1.06 bits per heavy atom. The minimum atomic E-state index is -0.594. The van der Waals surface area contributed by atoms with Crippen LogP contribution in [0.25, 0.3) is 22.5 Å². The second-order valence-electron chi connectivity index (χ2n) is 3.69. The molecule has 0 aliphatic heterocycles. The third-order valence-electron chi connectivity index (χ3n) is 2.49. The van der Waals surface area contributed by atoms with E-state index in [1.54, 1.807) is 24.3 Å². The number of nitrogens with zero attached hydrogens (tertiary/aromatic N) is 1. The maximum Gasteiger partial charge on any atom is 0.433 e. The molecule has 2 heterocycles. The van der Waals surface area contributed by atoms with E-state index in [1.165, 1.54) is 12.1 Å². The minimum Gasteiger partial charge on any atom is -0.453 e. The Kier molecular flexibility index (Phi) is 2.34. The smallest absolute Gasteiger partial charge is 0.433 e. The Bertz CT molecular complexity index is 743. The monoisotopic (exact) mass is 263 g/mol. The van der Waals surface area contributed by atoms with Gasteiger partial charge in [0.05, 0.1) is 6.07 Å². The molecule has 0 amide bonds. The standard InChI is InChI=1S/C12H6ClNO4/c13-8-1-2-9-7(5-8)6-11(17-9)10-3-4-12(18-10)14(15)16/h1-6H. The summed E-state index contributed by atoms with van der Waals surface area (Å²) in [5.41, 5.74) is 0.647. The van der Waals surface area contributed by atoms with Gasteiger partial charge in [-0.2, -0.15) is 0 Å². The van der Waals surface area contributed by atoms with Crippen LogP contribution >= 0.6 is 11.6 Å². The minimum absolute atomic E-state index is 0.314. The molecule has 0 fully saturated rings. The maximum atomic E-state index is 10.5. The first-order chi connectivity index (χ1) is 8.63. The quantitative estimate of drug-likeness (QED) is 0.512. The van der Waals surface area contributed by atoms with Crippen molar-refractivity contribution in [2.75, 3.05) is 0 Å². The molecular weight excluding hydrogens is 258 g/mol. The fraction of sp³-hybridized carbons (Fsp3) is 0. The van der Waals surface area contributed by atoms with Crippen LogP contribution in [0.4, 0.5) is 5.88 Å². The van der Waals surface area contributed by atoms with Crippen LogP contribution in [0.15, 0.2) is 45.2 Å². The van der Waals surface area contributed by atoms with Crippen molar-refractivity contribution in [3.63, 3.8) is 0 Å². The Hall–Kier alpha value is -2.27. The SMILES string of the molecule is O=[N+]([O-])c1ccc(-c2cc3cc(Cl)ccc3o2)o1. The number of furan rings is 2. The van der Waals surface area contributed by atoms with Crippen molar-refractivity contribution in [1.29, 1.82) is 0 Å². The number of nitro groups is 1.